The Hall–Kier alpha value is -1.98. The summed E-state index contributed by atoms with van der Waals surface area (Å²) < 4.78 is 15.7. The van der Waals surface area contributed by atoms with E-state index in [1.54, 1.807) is 41.9 Å². The molecule has 0 spiro atoms. The number of amides is 1. The number of benzene rings is 2. The largest absolute Gasteiger partial charge is 0.319 e. The van der Waals surface area contributed by atoms with Crippen LogP contribution in [0.15, 0.2) is 47.5 Å². The van der Waals surface area contributed by atoms with Crippen molar-refractivity contribution in [2.45, 2.75) is 0 Å². The van der Waals surface area contributed by atoms with Gasteiger partial charge in [0.05, 0.1) is 10.2 Å². The van der Waals surface area contributed by atoms with Crippen LogP contribution in [0.2, 0.25) is 5.02 Å². The summed E-state index contributed by atoms with van der Waals surface area (Å²) >= 11 is 7.13. The Morgan fingerprint density at radius 1 is 1.29 bits per heavy atom. The predicted octanol–water partition coefficient (Wildman–Crippen LogP) is 3.77. The number of hydrogen-bond acceptors (Lipinski definition) is 2. The first-order valence-corrected chi connectivity index (χ1v) is 7.34. The summed E-state index contributed by atoms with van der Waals surface area (Å²) in [5, 5.41) is 0.485. The maximum Gasteiger partial charge on any atom is 0.279 e. The minimum Gasteiger partial charge on any atom is -0.319 e. The molecule has 0 aliphatic heterocycles. The average molecular weight is 321 g/mol. The van der Waals surface area contributed by atoms with Crippen LogP contribution in [0.5, 0.6) is 0 Å². The second-order valence-electron chi connectivity index (χ2n) is 4.48. The third-order valence-electron chi connectivity index (χ3n) is 3.04. The van der Waals surface area contributed by atoms with E-state index in [1.807, 2.05) is 0 Å². The molecular formula is C15H10ClFN2OS. The molecule has 21 heavy (non-hydrogen) atoms. The summed E-state index contributed by atoms with van der Waals surface area (Å²) in [4.78, 5) is 16.8. The molecule has 2 aromatic carbocycles. The number of carbonyl (C=O) groups excluding carboxylic acids is 1. The number of rotatable bonds is 1. The molecule has 0 radical (unpaired) electrons. The average Bonchev–Trinajstić information content (AvgIpc) is 2.74. The molecule has 0 N–H and O–H groups in total. The maximum atomic E-state index is 13.2. The summed E-state index contributed by atoms with van der Waals surface area (Å²) in [5.74, 6) is -0.683. The lowest BCUT2D eigenvalue weighted by molar-refractivity contribution is 0.0998. The summed E-state index contributed by atoms with van der Waals surface area (Å²) in [7, 11) is 1.79. The van der Waals surface area contributed by atoms with E-state index in [0.29, 0.717) is 15.4 Å². The number of aromatic nitrogens is 1. The lowest BCUT2D eigenvalue weighted by Gasteiger charge is -1.96. The molecular weight excluding hydrogens is 311 g/mol. The van der Waals surface area contributed by atoms with E-state index in [-0.39, 0.29) is 11.7 Å². The fraction of sp³-hybridized carbons (Fsp3) is 0.0667. The van der Waals surface area contributed by atoms with E-state index in [9.17, 15) is 9.18 Å². The molecule has 3 aromatic rings. The zero-order chi connectivity index (χ0) is 15.0. The molecule has 0 bridgehead atoms. The Morgan fingerprint density at radius 3 is 2.86 bits per heavy atom. The van der Waals surface area contributed by atoms with Crippen LogP contribution in [0.1, 0.15) is 10.4 Å². The van der Waals surface area contributed by atoms with Crippen molar-refractivity contribution in [3.05, 3.63) is 63.7 Å². The van der Waals surface area contributed by atoms with Crippen molar-refractivity contribution in [2.24, 2.45) is 12.0 Å². The minimum atomic E-state index is -0.375. The van der Waals surface area contributed by atoms with Gasteiger partial charge in [0.1, 0.15) is 5.82 Å². The van der Waals surface area contributed by atoms with Gasteiger partial charge < -0.3 is 4.57 Å². The van der Waals surface area contributed by atoms with Crippen LogP contribution < -0.4 is 4.80 Å². The van der Waals surface area contributed by atoms with Crippen molar-refractivity contribution >= 4 is 39.1 Å². The highest BCUT2D eigenvalue weighted by Crippen LogP contribution is 2.18. The molecule has 0 saturated carbocycles. The standard InChI is InChI=1S/C15H10ClFN2OS/c1-19-12-6-5-11(17)8-13(12)21-15(19)18-14(20)9-3-2-4-10(16)7-9/h2-8H,1H3. The van der Waals surface area contributed by atoms with Gasteiger partial charge in [-0.05, 0) is 36.4 Å². The number of nitrogens with zero attached hydrogens (tertiary/aromatic N) is 2. The Bertz CT molecular complexity index is 913. The van der Waals surface area contributed by atoms with E-state index in [0.717, 1.165) is 10.2 Å². The van der Waals surface area contributed by atoms with E-state index >= 15 is 0 Å². The Labute approximate surface area is 128 Å². The molecule has 0 unspecified atom stereocenters. The molecule has 6 heteroatoms. The van der Waals surface area contributed by atoms with Gasteiger partial charge in [0, 0.05) is 17.6 Å². The van der Waals surface area contributed by atoms with Gasteiger partial charge in [0.2, 0.25) is 0 Å². The SMILES string of the molecule is Cn1c(=NC(=O)c2cccc(Cl)c2)sc2cc(F)ccc21. The van der Waals surface area contributed by atoms with Crippen molar-refractivity contribution in [1.29, 1.82) is 0 Å². The quantitative estimate of drug-likeness (QED) is 0.672. The molecule has 0 atom stereocenters. The second-order valence-corrected chi connectivity index (χ2v) is 5.93. The van der Waals surface area contributed by atoms with Crippen LogP contribution in [0.3, 0.4) is 0 Å². The van der Waals surface area contributed by atoms with E-state index in [1.165, 1.54) is 23.5 Å². The van der Waals surface area contributed by atoms with E-state index in [4.69, 9.17) is 11.6 Å². The molecule has 1 amide bonds. The van der Waals surface area contributed by atoms with Gasteiger partial charge in [0.25, 0.3) is 5.91 Å². The van der Waals surface area contributed by atoms with Crippen LogP contribution in [-0.4, -0.2) is 10.5 Å². The van der Waals surface area contributed by atoms with Crippen LogP contribution in [0.4, 0.5) is 4.39 Å². The molecule has 1 aromatic heterocycles. The number of thiazole rings is 1. The third-order valence-corrected chi connectivity index (χ3v) is 4.37. The number of aryl methyl sites for hydroxylation is 1. The topological polar surface area (TPSA) is 34.4 Å². The molecule has 3 nitrogen and oxygen atoms in total. The smallest absolute Gasteiger partial charge is 0.279 e. The Balaban J connectivity index is 2.11. The molecule has 106 valence electrons. The van der Waals surface area contributed by atoms with Crippen molar-refractivity contribution in [3.8, 4) is 0 Å². The second kappa shape index (κ2) is 5.42. The van der Waals surface area contributed by atoms with Gasteiger partial charge in [-0.1, -0.05) is 29.0 Å². The van der Waals surface area contributed by atoms with Gasteiger partial charge >= 0.3 is 0 Å². The summed E-state index contributed by atoms with van der Waals surface area (Å²) in [6, 6.07) is 11.1. The summed E-state index contributed by atoms with van der Waals surface area (Å²) in [5.41, 5.74) is 1.25. The third kappa shape index (κ3) is 2.75. The van der Waals surface area contributed by atoms with Gasteiger partial charge in [-0.2, -0.15) is 4.99 Å². The normalized spacial score (nSPS) is 12.0. The monoisotopic (exact) mass is 320 g/mol. The van der Waals surface area contributed by atoms with Crippen molar-refractivity contribution in [2.75, 3.05) is 0 Å². The zero-order valence-electron chi connectivity index (χ0n) is 11.0. The van der Waals surface area contributed by atoms with Crippen LogP contribution in [0, 0.1) is 5.82 Å². The van der Waals surface area contributed by atoms with E-state index in [2.05, 4.69) is 4.99 Å². The van der Waals surface area contributed by atoms with Gasteiger partial charge in [-0.15, -0.1) is 0 Å². The van der Waals surface area contributed by atoms with Crippen molar-refractivity contribution in [1.82, 2.24) is 4.57 Å². The highest BCUT2D eigenvalue weighted by Gasteiger charge is 2.08. The van der Waals surface area contributed by atoms with Gasteiger partial charge in [-0.3, -0.25) is 4.79 Å². The van der Waals surface area contributed by atoms with Crippen LogP contribution in [-0.2, 0) is 7.05 Å². The minimum absolute atomic E-state index is 0.308. The lowest BCUT2D eigenvalue weighted by atomic mass is 10.2. The Morgan fingerprint density at radius 2 is 2.10 bits per heavy atom. The molecule has 0 aliphatic carbocycles. The zero-order valence-corrected chi connectivity index (χ0v) is 12.6. The van der Waals surface area contributed by atoms with Crippen LogP contribution in [0.25, 0.3) is 10.2 Å². The van der Waals surface area contributed by atoms with Crippen molar-refractivity contribution < 1.29 is 9.18 Å². The first-order valence-electron chi connectivity index (χ1n) is 6.14. The molecule has 3 rings (SSSR count). The first kappa shape index (κ1) is 14.0. The summed E-state index contributed by atoms with van der Waals surface area (Å²) in [6.07, 6.45) is 0. The number of fused-ring (bicyclic) bond motifs is 1. The summed E-state index contributed by atoms with van der Waals surface area (Å²) in [6.45, 7) is 0. The highest BCUT2D eigenvalue weighted by molar-refractivity contribution is 7.16. The maximum absolute atomic E-state index is 13.2. The molecule has 0 saturated heterocycles. The van der Waals surface area contributed by atoms with Crippen molar-refractivity contribution in [3.63, 3.8) is 0 Å². The number of hydrogen-bond donors (Lipinski definition) is 0. The Kier molecular flexibility index (Phi) is 3.61. The molecule has 0 fully saturated rings. The van der Waals surface area contributed by atoms with E-state index < -0.39 is 0 Å². The predicted molar refractivity (Wildman–Crippen MR) is 82.1 cm³/mol. The van der Waals surface area contributed by atoms with Crippen LogP contribution >= 0.6 is 22.9 Å². The lowest BCUT2D eigenvalue weighted by Crippen LogP contribution is -2.13. The van der Waals surface area contributed by atoms with Gasteiger partial charge in [0.15, 0.2) is 4.80 Å². The molecule has 1 heterocycles. The fourth-order valence-corrected chi connectivity index (χ4v) is 3.22. The number of halogens is 2. The van der Waals surface area contributed by atoms with Gasteiger partial charge in [-0.25, -0.2) is 4.39 Å². The molecule has 0 aliphatic rings. The fourth-order valence-electron chi connectivity index (χ4n) is 1.99. The number of carbonyl (C=O) groups is 1. The highest BCUT2D eigenvalue weighted by atomic mass is 35.5. The first-order chi connectivity index (χ1) is 10.0.